The van der Waals surface area contributed by atoms with Gasteiger partial charge in [-0.05, 0) is 49.7 Å². The molecular weight excluding hydrogens is 319 g/mol. The van der Waals surface area contributed by atoms with E-state index in [0.717, 1.165) is 31.6 Å². The van der Waals surface area contributed by atoms with Gasteiger partial charge in [0.15, 0.2) is 0 Å². The van der Waals surface area contributed by atoms with Gasteiger partial charge in [-0.15, -0.1) is 12.4 Å². The summed E-state index contributed by atoms with van der Waals surface area (Å²) in [4.78, 5) is 14.1. The molecule has 1 saturated heterocycles. The standard InChI is InChI=1S/C14H18Cl2N2O.ClH/c1-17-8-10-4-5-18(9-10)14(19)7-11-6-12(15)2-3-13(11)16;/h2-3,6,10,17H,4-5,7-9H2,1H3;1H. The highest BCUT2D eigenvalue weighted by molar-refractivity contribution is 6.33. The lowest BCUT2D eigenvalue weighted by Crippen LogP contribution is -2.31. The van der Waals surface area contributed by atoms with E-state index in [0.29, 0.717) is 22.4 Å². The number of nitrogens with zero attached hydrogens (tertiary/aromatic N) is 1. The average molecular weight is 338 g/mol. The molecule has 0 bridgehead atoms. The van der Waals surface area contributed by atoms with Crippen molar-refractivity contribution in [1.29, 1.82) is 0 Å². The molecule has 112 valence electrons. The van der Waals surface area contributed by atoms with E-state index in [1.54, 1.807) is 18.2 Å². The molecule has 1 aliphatic rings. The van der Waals surface area contributed by atoms with Crippen LogP contribution < -0.4 is 5.32 Å². The van der Waals surface area contributed by atoms with Gasteiger partial charge in [0, 0.05) is 23.1 Å². The van der Waals surface area contributed by atoms with Crippen molar-refractivity contribution in [3.63, 3.8) is 0 Å². The summed E-state index contributed by atoms with van der Waals surface area (Å²) in [7, 11) is 1.94. The Kier molecular flexibility index (Phi) is 7.10. The van der Waals surface area contributed by atoms with Crippen LogP contribution in [0.4, 0.5) is 0 Å². The van der Waals surface area contributed by atoms with E-state index in [4.69, 9.17) is 23.2 Å². The maximum atomic E-state index is 12.2. The van der Waals surface area contributed by atoms with Crippen LogP contribution in [0.25, 0.3) is 0 Å². The van der Waals surface area contributed by atoms with E-state index in [-0.39, 0.29) is 18.3 Å². The van der Waals surface area contributed by atoms with Crippen LogP contribution in [-0.2, 0) is 11.2 Å². The first-order chi connectivity index (χ1) is 9.10. The molecule has 1 atom stereocenters. The zero-order valence-corrected chi connectivity index (χ0v) is 13.7. The molecule has 2 rings (SSSR count). The van der Waals surface area contributed by atoms with Crippen molar-refractivity contribution >= 4 is 41.5 Å². The second-order valence-electron chi connectivity index (χ2n) is 4.96. The third kappa shape index (κ3) is 4.52. The molecule has 1 aliphatic heterocycles. The molecule has 1 aromatic rings. The van der Waals surface area contributed by atoms with Gasteiger partial charge in [0.2, 0.25) is 5.91 Å². The summed E-state index contributed by atoms with van der Waals surface area (Å²) >= 11 is 12.0. The summed E-state index contributed by atoms with van der Waals surface area (Å²) < 4.78 is 0. The van der Waals surface area contributed by atoms with Crippen molar-refractivity contribution in [3.05, 3.63) is 33.8 Å². The Morgan fingerprint density at radius 3 is 2.90 bits per heavy atom. The van der Waals surface area contributed by atoms with Crippen LogP contribution >= 0.6 is 35.6 Å². The monoisotopic (exact) mass is 336 g/mol. The van der Waals surface area contributed by atoms with Crippen LogP contribution in [0.2, 0.25) is 10.0 Å². The predicted molar refractivity (Wildman–Crippen MR) is 86.0 cm³/mol. The molecule has 6 heteroatoms. The van der Waals surface area contributed by atoms with Crippen molar-refractivity contribution in [2.24, 2.45) is 5.92 Å². The lowest BCUT2D eigenvalue weighted by atomic mass is 10.1. The van der Waals surface area contributed by atoms with Crippen LogP contribution in [0.5, 0.6) is 0 Å². The summed E-state index contributed by atoms with van der Waals surface area (Å²) in [5.74, 6) is 0.687. The fourth-order valence-corrected chi connectivity index (χ4v) is 2.85. The molecule has 0 spiro atoms. The average Bonchev–Trinajstić information content (AvgIpc) is 2.83. The Labute approximate surface area is 136 Å². The zero-order valence-electron chi connectivity index (χ0n) is 11.4. The normalized spacial score (nSPS) is 17.9. The summed E-state index contributed by atoms with van der Waals surface area (Å²) in [6.45, 7) is 2.63. The highest BCUT2D eigenvalue weighted by Crippen LogP contribution is 2.23. The largest absolute Gasteiger partial charge is 0.342 e. The van der Waals surface area contributed by atoms with Gasteiger partial charge in [0.25, 0.3) is 0 Å². The van der Waals surface area contributed by atoms with Gasteiger partial charge in [-0.1, -0.05) is 23.2 Å². The number of amides is 1. The fraction of sp³-hybridized carbons (Fsp3) is 0.500. The van der Waals surface area contributed by atoms with Crippen molar-refractivity contribution < 1.29 is 4.79 Å². The highest BCUT2D eigenvalue weighted by Gasteiger charge is 2.25. The number of rotatable bonds is 4. The Morgan fingerprint density at radius 2 is 2.20 bits per heavy atom. The minimum absolute atomic E-state index is 0. The Bertz CT molecular complexity index is 468. The second-order valence-corrected chi connectivity index (χ2v) is 5.81. The molecule has 0 aliphatic carbocycles. The van der Waals surface area contributed by atoms with E-state index in [1.807, 2.05) is 11.9 Å². The second kappa shape index (κ2) is 8.08. The van der Waals surface area contributed by atoms with Gasteiger partial charge < -0.3 is 10.2 Å². The summed E-state index contributed by atoms with van der Waals surface area (Å²) in [5, 5.41) is 4.37. The minimum Gasteiger partial charge on any atom is -0.342 e. The molecule has 1 unspecified atom stereocenters. The number of likely N-dealkylation sites (tertiary alicyclic amines) is 1. The number of carbonyl (C=O) groups excluding carboxylic acids is 1. The van der Waals surface area contributed by atoms with Gasteiger partial charge in [0.1, 0.15) is 0 Å². The van der Waals surface area contributed by atoms with Crippen molar-refractivity contribution in [3.8, 4) is 0 Å². The highest BCUT2D eigenvalue weighted by atomic mass is 35.5. The number of halogens is 3. The quantitative estimate of drug-likeness (QED) is 0.916. The van der Waals surface area contributed by atoms with Gasteiger partial charge in [-0.25, -0.2) is 0 Å². The van der Waals surface area contributed by atoms with Crippen LogP contribution in [0.1, 0.15) is 12.0 Å². The Balaban J connectivity index is 0.00000200. The van der Waals surface area contributed by atoms with Crippen LogP contribution in [0.15, 0.2) is 18.2 Å². The molecule has 0 radical (unpaired) electrons. The number of nitrogens with one attached hydrogen (secondary N) is 1. The first-order valence-electron chi connectivity index (χ1n) is 6.46. The predicted octanol–water partition coefficient (Wildman–Crippen LogP) is 3.03. The van der Waals surface area contributed by atoms with Crippen molar-refractivity contribution in [1.82, 2.24) is 10.2 Å². The third-order valence-electron chi connectivity index (χ3n) is 3.48. The first-order valence-corrected chi connectivity index (χ1v) is 7.22. The Hall–Kier alpha value is -0.480. The number of carbonyl (C=O) groups is 1. The Morgan fingerprint density at radius 1 is 1.45 bits per heavy atom. The van der Waals surface area contributed by atoms with E-state index >= 15 is 0 Å². The van der Waals surface area contributed by atoms with E-state index in [1.165, 1.54) is 0 Å². The topological polar surface area (TPSA) is 32.3 Å². The SMILES string of the molecule is CNCC1CCN(C(=O)Cc2cc(Cl)ccc2Cl)C1.Cl. The summed E-state index contributed by atoms with van der Waals surface area (Å²) in [6, 6.07) is 5.24. The molecular formula is C14H19Cl3N2O. The number of hydrogen-bond acceptors (Lipinski definition) is 2. The number of hydrogen-bond donors (Lipinski definition) is 1. The molecule has 1 fully saturated rings. The van der Waals surface area contributed by atoms with E-state index in [2.05, 4.69) is 5.32 Å². The maximum absolute atomic E-state index is 12.2. The summed E-state index contributed by atoms with van der Waals surface area (Å²) in [5.41, 5.74) is 0.802. The molecule has 1 heterocycles. The van der Waals surface area contributed by atoms with Gasteiger partial charge in [0.05, 0.1) is 6.42 Å². The lowest BCUT2D eigenvalue weighted by Gasteiger charge is -2.17. The molecule has 1 N–H and O–H groups in total. The molecule has 0 aromatic heterocycles. The van der Waals surface area contributed by atoms with Gasteiger partial charge in [-0.3, -0.25) is 4.79 Å². The van der Waals surface area contributed by atoms with Crippen molar-refractivity contribution in [2.75, 3.05) is 26.7 Å². The molecule has 3 nitrogen and oxygen atoms in total. The fourth-order valence-electron chi connectivity index (χ4n) is 2.47. The molecule has 20 heavy (non-hydrogen) atoms. The van der Waals surface area contributed by atoms with Crippen LogP contribution in [-0.4, -0.2) is 37.5 Å². The third-order valence-corrected chi connectivity index (χ3v) is 4.08. The number of benzene rings is 1. The smallest absolute Gasteiger partial charge is 0.227 e. The minimum atomic E-state index is 0. The lowest BCUT2D eigenvalue weighted by molar-refractivity contribution is -0.129. The van der Waals surface area contributed by atoms with E-state index < -0.39 is 0 Å². The summed E-state index contributed by atoms with van der Waals surface area (Å²) in [6.07, 6.45) is 1.39. The van der Waals surface area contributed by atoms with Gasteiger partial charge in [-0.2, -0.15) is 0 Å². The first kappa shape index (κ1) is 17.6. The van der Waals surface area contributed by atoms with Crippen molar-refractivity contribution in [2.45, 2.75) is 12.8 Å². The molecule has 1 amide bonds. The zero-order chi connectivity index (χ0) is 13.8. The van der Waals surface area contributed by atoms with Crippen LogP contribution in [0, 0.1) is 5.92 Å². The maximum Gasteiger partial charge on any atom is 0.227 e. The molecule has 1 aromatic carbocycles. The molecule has 0 saturated carbocycles. The van der Waals surface area contributed by atoms with E-state index in [9.17, 15) is 4.79 Å². The van der Waals surface area contributed by atoms with Crippen LogP contribution in [0.3, 0.4) is 0 Å². The van der Waals surface area contributed by atoms with Gasteiger partial charge >= 0.3 is 0 Å².